The molecule has 0 saturated carbocycles. The summed E-state index contributed by atoms with van der Waals surface area (Å²) in [5.41, 5.74) is 2.54. The van der Waals surface area contributed by atoms with Crippen LogP contribution in [0.5, 0.6) is 5.75 Å². The van der Waals surface area contributed by atoms with Crippen LogP contribution in [0.25, 0.3) is 0 Å². The van der Waals surface area contributed by atoms with Crippen LogP contribution in [0.2, 0.25) is 0 Å². The molecule has 1 aromatic rings. The van der Waals surface area contributed by atoms with Crippen molar-refractivity contribution < 1.29 is 23.1 Å². The standard InChI is InChI=1S/C29H36F2N4O3/c1-28(2,30)19-34-14-10-20(11-15-34)18-38-25-9-8-21(16-22(25)17-32)23-6-3-4-12-29(23,31)27(37)35-13-5-7-24(35)26(33)36/h3-4,6,8-9,12,16,20,23-24H,5,7,10-11,13-15,18-19H2,1-2H3,(H2,33,36)/t23?,24-,29?/m0/s1. The Kier molecular flexibility index (Phi) is 8.22. The van der Waals surface area contributed by atoms with E-state index >= 15 is 4.39 Å². The van der Waals surface area contributed by atoms with Crippen molar-refractivity contribution in [3.05, 3.63) is 53.6 Å². The van der Waals surface area contributed by atoms with E-state index in [1.54, 1.807) is 44.2 Å². The monoisotopic (exact) mass is 526 g/mol. The maximum atomic E-state index is 16.4. The van der Waals surface area contributed by atoms with Gasteiger partial charge in [-0.25, -0.2) is 8.78 Å². The molecular formula is C29H36F2N4O3. The fourth-order valence-corrected chi connectivity index (χ4v) is 5.70. The molecule has 38 heavy (non-hydrogen) atoms. The summed E-state index contributed by atoms with van der Waals surface area (Å²) in [6.45, 7) is 5.87. The van der Waals surface area contributed by atoms with Gasteiger partial charge >= 0.3 is 0 Å². The Hall–Kier alpha value is -3.25. The van der Waals surface area contributed by atoms with Crippen molar-refractivity contribution in [3.8, 4) is 11.8 Å². The molecule has 2 aliphatic heterocycles. The molecule has 2 heterocycles. The van der Waals surface area contributed by atoms with E-state index in [1.165, 1.54) is 17.1 Å². The van der Waals surface area contributed by atoms with Gasteiger partial charge < -0.3 is 20.3 Å². The van der Waals surface area contributed by atoms with Crippen molar-refractivity contribution in [2.75, 3.05) is 32.8 Å². The Labute approximate surface area is 222 Å². The second-order valence-corrected chi connectivity index (χ2v) is 11.2. The lowest BCUT2D eigenvalue weighted by atomic mass is 9.79. The number of amides is 2. The number of hydrogen-bond donors (Lipinski definition) is 1. The summed E-state index contributed by atoms with van der Waals surface area (Å²) in [7, 11) is 0. The first-order chi connectivity index (χ1) is 18.0. The zero-order valence-electron chi connectivity index (χ0n) is 22.0. The highest BCUT2D eigenvalue weighted by Gasteiger charge is 2.50. The van der Waals surface area contributed by atoms with E-state index in [0.29, 0.717) is 43.2 Å². The minimum atomic E-state index is -2.41. The van der Waals surface area contributed by atoms with Crippen LogP contribution in [0.3, 0.4) is 0 Å². The van der Waals surface area contributed by atoms with Gasteiger partial charge in [0.1, 0.15) is 23.5 Å². The Morgan fingerprint density at radius 1 is 1.21 bits per heavy atom. The van der Waals surface area contributed by atoms with Gasteiger partial charge in [-0.1, -0.05) is 24.3 Å². The SMILES string of the molecule is CC(C)(F)CN1CCC(COc2ccc(C3C=CC=CC3(F)C(=O)N3CCC[C@H]3C(N)=O)cc2C#N)CC1. The zero-order chi connectivity index (χ0) is 27.5. The van der Waals surface area contributed by atoms with Crippen LogP contribution in [-0.4, -0.2) is 71.8 Å². The quantitative estimate of drug-likeness (QED) is 0.556. The van der Waals surface area contributed by atoms with E-state index in [-0.39, 0.29) is 12.1 Å². The van der Waals surface area contributed by atoms with E-state index in [4.69, 9.17) is 10.5 Å². The molecule has 1 aliphatic carbocycles. The fourth-order valence-electron chi connectivity index (χ4n) is 5.70. The van der Waals surface area contributed by atoms with Crippen LogP contribution in [0.1, 0.15) is 56.6 Å². The number of carbonyl (C=O) groups is 2. The van der Waals surface area contributed by atoms with Crippen LogP contribution in [0, 0.1) is 17.2 Å². The van der Waals surface area contributed by atoms with Gasteiger partial charge in [0.05, 0.1) is 12.2 Å². The lowest BCUT2D eigenvalue weighted by Crippen LogP contribution is -2.53. The van der Waals surface area contributed by atoms with E-state index < -0.39 is 35.1 Å². The number of piperidine rings is 1. The number of hydrogen-bond acceptors (Lipinski definition) is 5. The number of nitrogens with two attached hydrogens (primary N) is 1. The Balaban J connectivity index is 1.45. The Morgan fingerprint density at radius 3 is 2.61 bits per heavy atom. The predicted octanol–water partition coefficient (Wildman–Crippen LogP) is 3.79. The molecule has 7 nitrogen and oxygen atoms in total. The number of rotatable bonds is 8. The number of nitrogens with zero attached hydrogens (tertiary/aromatic N) is 3. The molecule has 2 saturated heterocycles. The Bertz CT molecular complexity index is 1150. The van der Waals surface area contributed by atoms with Gasteiger partial charge in [0.15, 0.2) is 0 Å². The molecule has 204 valence electrons. The number of nitriles is 1. The summed E-state index contributed by atoms with van der Waals surface area (Å²) < 4.78 is 36.4. The second-order valence-electron chi connectivity index (χ2n) is 11.2. The van der Waals surface area contributed by atoms with Gasteiger partial charge in [-0.3, -0.25) is 9.59 Å². The number of primary amides is 1. The number of likely N-dealkylation sites (tertiary alicyclic amines) is 2. The average molecular weight is 527 g/mol. The third kappa shape index (κ3) is 6.07. The molecule has 2 unspecified atom stereocenters. The second kappa shape index (κ2) is 11.2. The Morgan fingerprint density at radius 2 is 1.95 bits per heavy atom. The van der Waals surface area contributed by atoms with Gasteiger partial charge in [0.2, 0.25) is 11.6 Å². The predicted molar refractivity (Wildman–Crippen MR) is 140 cm³/mol. The highest BCUT2D eigenvalue weighted by molar-refractivity contribution is 5.94. The number of alkyl halides is 2. The van der Waals surface area contributed by atoms with Crippen molar-refractivity contribution in [3.63, 3.8) is 0 Å². The molecule has 3 atom stereocenters. The summed E-state index contributed by atoms with van der Waals surface area (Å²) in [5.74, 6) is -1.72. The molecule has 0 aromatic heterocycles. The third-order valence-electron chi connectivity index (χ3n) is 7.64. The third-order valence-corrected chi connectivity index (χ3v) is 7.64. The van der Waals surface area contributed by atoms with Gasteiger partial charge in [0, 0.05) is 19.0 Å². The van der Waals surface area contributed by atoms with Gasteiger partial charge in [-0.2, -0.15) is 5.26 Å². The summed E-state index contributed by atoms with van der Waals surface area (Å²) in [4.78, 5) is 28.6. The number of benzene rings is 1. The molecule has 0 spiro atoms. The van der Waals surface area contributed by atoms with Gasteiger partial charge in [-0.05, 0) is 82.3 Å². The summed E-state index contributed by atoms with van der Waals surface area (Å²) in [6, 6.07) is 6.19. The number of carbonyl (C=O) groups excluding carboxylic acids is 2. The lowest BCUT2D eigenvalue weighted by molar-refractivity contribution is -0.145. The minimum Gasteiger partial charge on any atom is -0.492 e. The molecule has 3 aliphatic rings. The zero-order valence-corrected chi connectivity index (χ0v) is 22.0. The van der Waals surface area contributed by atoms with Crippen molar-refractivity contribution in [2.24, 2.45) is 11.7 Å². The normalized spacial score (nSPS) is 26.3. The van der Waals surface area contributed by atoms with Gasteiger partial charge in [0.25, 0.3) is 5.91 Å². The first-order valence-corrected chi connectivity index (χ1v) is 13.3. The molecule has 9 heteroatoms. The minimum absolute atomic E-state index is 0.257. The van der Waals surface area contributed by atoms with Crippen molar-refractivity contribution in [2.45, 2.75) is 62.8 Å². The smallest absolute Gasteiger partial charge is 0.265 e. The first kappa shape index (κ1) is 27.8. The van der Waals surface area contributed by atoms with Crippen molar-refractivity contribution in [1.82, 2.24) is 9.80 Å². The van der Waals surface area contributed by atoms with Crippen LogP contribution in [-0.2, 0) is 9.59 Å². The molecule has 0 radical (unpaired) electrons. The summed E-state index contributed by atoms with van der Waals surface area (Å²) in [5, 5.41) is 9.80. The highest BCUT2D eigenvalue weighted by atomic mass is 19.1. The van der Waals surface area contributed by atoms with Crippen LogP contribution >= 0.6 is 0 Å². The molecule has 0 bridgehead atoms. The maximum Gasteiger partial charge on any atom is 0.265 e. The van der Waals surface area contributed by atoms with Crippen molar-refractivity contribution >= 4 is 11.8 Å². The average Bonchev–Trinajstić information content (AvgIpc) is 3.37. The first-order valence-electron chi connectivity index (χ1n) is 13.3. The summed E-state index contributed by atoms with van der Waals surface area (Å²) in [6.07, 6.45) is 8.70. The fraction of sp³-hybridized carbons (Fsp3) is 0.552. The number of halogens is 2. The van der Waals surface area contributed by atoms with Crippen molar-refractivity contribution in [1.29, 1.82) is 5.26 Å². The molecule has 2 amide bonds. The van der Waals surface area contributed by atoms with E-state index in [9.17, 15) is 19.2 Å². The van der Waals surface area contributed by atoms with Crippen LogP contribution < -0.4 is 10.5 Å². The molecule has 2 fully saturated rings. The molecule has 4 rings (SSSR count). The largest absolute Gasteiger partial charge is 0.492 e. The summed E-state index contributed by atoms with van der Waals surface area (Å²) >= 11 is 0. The van der Waals surface area contributed by atoms with E-state index in [1.807, 2.05) is 0 Å². The van der Waals surface area contributed by atoms with E-state index in [0.717, 1.165) is 25.9 Å². The van der Waals surface area contributed by atoms with E-state index in [2.05, 4.69) is 11.0 Å². The molecule has 2 N–H and O–H groups in total. The number of ether oxygens (including phenoxy) is 1. The van der Waals surface area contributed by atoms with Gasteiger partial charge in [-0.15, -0.1) is 0 Å². The van der Waals surface area contributed by atoms with Crippen LogP contribution in [0.4, 0.5) is 8.78 Å². The lowest BCUT2D eigenvalue weighted by Gasteiger charge is -2.35. The van der Waals surface area contributed by atoms with Crippen LogP contribution in [0.15, 0.2) is 42.5 Å². The topological polar surface area (TPSA) is 99.7 Å². The molecular weight excluding hydrogens is 490 g/mol. The number of allylic oxidation sites excluding steroid dienone is 3. The highest BCUT2D eigenvalue weighted by Crippen LogP contribution is 2.41. The molecule has 1 aromatic carbocycles. The maximum absolute atomic E-state index is 16.4.